The van der Waals surface area contributed by atoms with Gasteiger partial charge in [-0.15, -0.1) is 0 Å². The minimum Gasteiger partial charge on any atom is -0.261 e. The highest BCUT2D eigenvalue weighted by molar-refractivity contribution is 5.21. The first-order chi connectivity index (χ1) is 5.61. The van der Waals surface area contributed by atoms with Crippen molar-refractivity contribution in [2.75, 3.05) is 0 Å². The predicted octanol–water partition coefficient (Wildman–Crippen LogP) is 3.33. The molecule has 0 aromatic carbocycles. The molecule has 1 aromatic heterocycles. The van der Waals surface area contributed by atoms with Crippen LogP contribution in [0, 0.1) is 0 Å². The lowest BCUT2D eigenvalue weighted by molar-refractivity contribution is 0.799. The topological polar surface area (TPSA) is 12.9 Å². The molecule has 1 heteroatoms. The molecule has 0 fully saturated rings. The van der Waals surface area contributed by atoms with E-state index in [9.17, 15) is 0 Å². The van der Waals surface area contributed by atoms with Crippen LogP contribution in [-0.2, 0) is 0 Å². The van der Waals surface area contributed by atoms with Gasteiger partial charge in [0.25, 0.3) is 0 Å². The lowest BCUT2D eigenvalue weighted by atomic mass is 10.0. The quantitative estimate of drug-likeness (QED) is 0.651. The number of aromatic nitrogens is 1. The fraction of sp³-hybridized carbons (Fsp3) is 0.545. The third-order valence-corrected chi connectivity index (χ3v) is 2.06. The highest BCUT2D eigenvalue weighted by Crippen LogP contribution is 2.18. The Morgan fingerprint density at radius 2 is 1.75 bits per heavy atom. The van der Waals surface area contributed by atoms with Crippen LogP contribution in [0.15, 0.2) is 18.3 Å². The van der Waals surface area contributed by atoms with E-state index in [0.29, 0.717) is 11.8 Å². The minimum absolute atomic E-state index is 0.531. The zero-order chi connectivity index (χ0) is 9.14. The van der Waals surface area contributed by atoms with Crippen LogP contribution in [0.25, 0.3) is 0 Å². The van der Waals surface area contributed by atoms with Crippen LogP contribution >= 0.6 is 0 Å². The molecule has 0 bridgehead atoms. The minimum atomic E-state index is 0.531. The number of hydrogen-bond donors (Lipinski definition) is 0. The van der Waals surface area contributed by atoms with Gasteiger partial charge in [0, 0.05) is 11.9 Å². The molecule has 66 valence electrons. The van der Waals surface area contributed by atoms with Gasteiger partial charge in [-0.2, -0.15) is 0 Å². The maximum atomic E-state index is 4.32. The summed E-state index contributed by atoms with van der Waals surface area (Å²) in [5.74, 6) is 1.13. The second kappa shape index (κ2) is 3.70. The van der Waals surface area contributed by atoms with Gasteiger partial charge < -0.3 is 0 Å². The van der Waals surface area contributed by atoms with Crippen molar-refractivity contribution >= 4 is 0 Å². The summed E-state index contributed by atoms with van der Waals surface area (Å²) >= 11 is 0. The van der Waals surface area contributed by atoms with E-state index >= 15 is 0 Å². The van der Waals surface area contributed by atoms with Crippen molar-refractivity contribution in [2.45, 2.75) is 39.5 Å². The van der Waals surface area contributed by atoms with Crippen LogP contribution < -0.4 is 0 Å². The van der Waals surface area contributed by atoms with Gasteiger partial charge in [0.05, 0.1) is 0 Å². The summed E-state index contributed by atoms with van der Waals surface area (Å²) in [6.07, 6.45) is 1.91. The number of nitrogens with zero attached hydrogens (tertiary/aromatic N) is 1. The van der Waals surface area contributed by atoms with Crippen molar-refractivity contribution in [1.29, 1.82) is 0 Å². The Bertz CT molecular complexity index is 228. The molecule has 12 heavy (non-hydrogen) atoms. The molecule has 0 unspecified atom stereocenters. The van der Waals surface area contributed by atoms with Crippen molar-refractivity contribution in [3.63, 3.8) is 0 Å². The average molecular weight is 163 g/mol. The lowest BCUT2D eigenvalue weighted by Gasteiger charge is -2.08. The summed E-state index contributed by atoms with van der Waals surface area (Å²) in [5.41, 5.74) is 2.58. The van der Waals surface area contributed by atoms with Gasteiger partial charge in [0.2, 0.25) is 0 Å². The van der Waals surface area contributed by atoms with E-state index in [1.165, 1.54) is 11.3 Å². The summed E-state index contributed by atoms with van der Waals surface area (Å²) in [6, 6.07) is 4.30. The molecule has 0 amide bonds. The second-order valence-electron chi connectivity index (χ2n) is 3.82. The van der Waals surface area contributed by atoms with Crippen LogP contribution in [0.5, 0.6) is 0 Å². The molecule has 0 spiro atoms. The van der Waals surface area contributed by atoms with Gasteiger partial charge in [-0.3, -0.25) is 4.98 Å². The molecule has 0 aliphatic rings. The second-order valence-corrected chi connectivity index (χ2v) is 3.82. The third-order valence-electron chi connectivity index (χ3n) is 2.06. The molecule has 0 saturated carbocycles. The summed E-state index contributed by atoms with van der Waals surface area (Å²) in [4.78, 5) is 4.32. The van der Waals surface area contributed by atoms with Crippen LogP contribution in [0.1, 0.15) is 50.8 Å². The Kier molecular flexibility index (Phi) is 2.85. The Morgan fingerprint density at radius 1 is 1.08 bits per heavy atom. The normalized spacial score (nSPS) is 11.2. The molecular formula is C11H17N. The van der Waals surface area contributed by atoms with E-state index in [4.69, 9.17) is 0 Å². The van der Waals surface area contributed by atoms with E-state index in [0.717, 1.165) is 0 Å². The van der Waals surface area contributed by atoms with Gasteiger partial charge >= 0.3 is 0 Å². The first kappa shape index (κ1) is 9.24. The van der Waals surface area contributed by atoms with Crippen LogP contribution in [-0.4, -0.2) is 4.98 Å². The number of hydrogen-bond acceptors (Lipinski definition) is 1. The third kappa shape index (κ3) is 2.07. The highest BCUT2D eigenvalue weighted by atomic mass is 14.7. The predicted molar refractivity (Wildman–Crippen MR) is 52.4 cm³/mol. The fourth-order valence-corrected chi connectivity index (χ4v) is 1.14. The molecular weight excluding hydrogens is 146 g/mol. The summed E-state index contributed by atoms with van der Waals surface area (Å²) in [7, 11) is 0. The van der Waals surface area contributed by atoms with Crippen molar-refractivity contribution in [3.05, 3.63) is 29.6 Å². The lowest BCUT2D eigenvalue weighted by Crippen LogP contribution is -1.95. The van der Waals surface area contributed by atoms with E-state index in [1.54, 1.807) is 0 Å². The summed E-state index contributed by atoms with van der Waals surface area (Å²) in [5, 5.41) is 0. The average Bonchev–Trinajstić information content (AvgIpc) is 2.04. The van der Waals surface area contributed by atoms with Gasteiger partial charge in [-0.25, -0.2) is 0 Å². The van der Waals surface area contributed by atoms with Crippen molar-refractivity contribution in [3.8, 4) is 0 Å². The van der Waals surface area contributed by atoms with Crippen LogP contribution in [0.3, 0.4) is 0 Å². The maximum absolute atomic E-state index is 4.32. The van der Waals surface area contributed by atoms with Gasteiger partial charge in [0.15, 0.2) is 0 Å². The Labute approximate surface area is 74.8 Å². The van der Waals surface area contributed by atoms with Crippen LogP contribution in [0.2, 0.25) is 0 Å². The van der Waals surface area contributed by atoms with Crippen molar-refractivity contribution < 1.29 is 0 Å². The molecule has 1 nitrogen and oxygen atoms in total. The van der Waals surface area contributed by atoms with Gasteiger partial charge in [-0.1, -0.05) is 27.7 Å². The van der Waals surface area contributed by atoms with E-state index in [2.05, 4.69) is 44.8 Å². The van der Waals surface area contributed by atoms with Crippen molar-refractivity contribution in [1.82, 2.24) is 4.98 Å². The molecule has 0 aliphatic heterocycles. The van der Waals surface area contributed by atoms with Crippen molar-refractivity contribution in [2.24, 2.45) is 0 Å². The first-order valence-electron chi connectivity index (χ1n) is 4.57. The first-order valence-corrected chi connectivity index (χ1v) is 4.57. The molecule has 0 saturated heterocycles. The Balaban J connectivity index is 2.96. The van der Waals surface area contributed by atoms with Gasteiger partial charge in [0.1, 0.15) is 0 Å². The monoisotopic (exact) mass is 163 g/mol. The Hall–Kier alpha value is -0.850. The molecule has 0 aliphatic carbocycles. The summed E-state index contributed by atoms with van der Waals surface area (Å²) < 4.78 is 0. The van der Waals surface area contributed by atoms with E-state index < -0.39 is 0 Å². The molecule has 1 aromatic rings. The number of pyridine rings is 1. The van der Waals surface area contributed by atoms with E-state index in [-0.39, 0.29) is 0 Å². The number of rotatable bonds is 2. The molecule has 0 radical (unpaired) electrons. The maximum Gasteiger partial charge on any atom is 0.0431 e. The highest BCUT2D eigenvalue weighted by Gasteiger charge is 2.03. The molecule has 0 atom stereocenters. The smallest absolute Gasteiger partial charge is 0.0431 e. The fourth-order valence-electron chi connectivity index (χ4n) is 1.14. The molecule has 1 rings (SSSR count). The zero-order valence-corrected chi connectivity index (χ0v) is 8.33. The largest absolute Gasteiger partial charge is 0.261 e. The standard InChI is InChI=1S/C11H17N/c1-8(2)10-5-6-12-11(7-10)9(3)4/h5-9H,1-4H3. The van der Waals surface area contributed by atoms with Crippen LogP contribution in [0.4, 0.5) is 0 Å². The molecule has 1 heterocycles. The molecule has 0 N–H and O–H groups in total. The summed E-state index contributed by atoms with van der Waals surface area (Å²) in [6.45, 7) is 8.76. The zero-order valence-electron chi connectivity index (χ0n) is 8.33. The SMILES string of the molecule is CC(C)c1ccnc(C(C)C)c1. The Morgan fingerprint density at radius 3 is 2.25 bits per heavy atom. The van der Waals surface area contributed by atoms with Gasteiger partial charge in [-0.05, 0) is 29.5 Å². The van der Waals surface area contributed by atoms with E-state index in [1.807, 2.05) is 6.20 Å².